The fraction of sp³-hybridized carbons (Fsp3) is 0.100. The number of hydrogen-bond acceptors (Lipinski definition) is 4. The summed E-state index contributed by atoms with van der Waals surface area (Å²) < 4.78 is 1.47. The highest BCUT2D eigenvalue weighted by Gasteiger charge is 2.26. The minimum atomic E-state index is -0.189. The quantitative estimate of drug-likeness (QED) is 0.406. The third-order valence-corrected chi connectivity index (χ3v) is 4.32. The molecule has 0 atom stereocenters. The number of aromatic nitrogens is 4. The van der Waals surface area contributed by atoms with E-state index in [0.717, 1.165) is 5.69 Å². The monoisotopic (exact) mass is 344 g/mol. The second-order valence-corrected chi connectivity index (χ2v) is 6.05. The maximum absolute atomic E-state index is 13.1. The molecule has 0 aliphatic heterocycles. The summed E-state index contributed by atoms with van der Waals surface area (Å²) >= 11 is 0. The number of ketones is 1. The van der Waals surface area contributed by atoms with E-state index in [2.05, 4.69) is 10.3 Å². The molecule has 2 heterocycles. The van der Waals surface area contributed by atoms with Crippen LogP contribution in [-0.2, 0) is 0 Å². The molecular formula is C20H16N4O2. The van der Waals surface area contributed by atoms with Crippen LogP contribution >= 0.6 is 0 Å². The fourth-order valence-electron chi connectivity index (χ4n) is 3.12. The van der Waals surface area contributed by atoms with Gasteiger partial charge in [-0.05, 0) is 42.4 Å². The van der Waals surface area contributed by atoms with Gasteiger partial charge in [0.25, 0.3) is 5.65 Å². The first-order chi connectivity index (χ1) is 12.6. The van der Waals surface area contributed by atoms with E-state index in [4.69, 9.17) is 0 Å². The van der Waals surface area contributed by atoms with E-state index in [0.29, 0.717) is 27.7 Å². The lowest BCUT2D eigenvalue weighted by atomic mass is 10.1. The van der Waals surface area contributed by atoms with Crippen molar-refractivity contribution >= 4 is 17.2 Å². The average Bonchev–Trinajstić information content (AvgIpc) is 3.18. The van der Waals surface area contributed by atoms with Crippen LogP contribution in [0.4, 0.5) is 0 Å². The van der Waals surface area contributed by atoms with E-state index in [1.807, 2.05) is 36.4 Å². The predicted molar refractivity (Wildman–Crippen MR) is 93.4 cm³/mol. The van der Waals surface area contributed by atoms with Crippen molar-refractivity contribution in [3.63, 3.8) is 0 Å². The van der Waals surface area contributed by atoms with Crippen LogP contribution in [0.25, 0.3) is 17.1 Å². The fourth-order valence-corrected chi connectivity index (χ4v) is 3.12. The maximum atomic E-state index is 13.1. The van der Waals surface area contributed by atoms with Crippen LogP contribution in [-0.4, -0.2) is 20.6 Å². The topological polar surface area (TPSA) is 74.2 Å². The molecule has 0 radical (unpaired) electrons. The number of Topliss-reactive ketones (excluding diaryl/α,β-unsaturated/α-hetero) is 1. The van der Waals surface area contributed by atoms with Crippen molar-refractivity contribution in [1.82, 2.24) is 14.8 Å². The lowest BCUT2D eigenvalue weighted by molar-refractivity contribution is -0.716. The zero-order chi connectivity index (χ0) is 18.3. The molecule has 0 unspecified atom stereocenters. The smallest absolute Gasteiger partial charge is 0.300 e. The number of nitrogens with zero attached hydrogens (tertiary/aromatic N) is 4. The second kappa shape index (κ2) is 6.07. The maximum Gasteiger partial charge on any atom is 0.300 e. The van der Waals surface area contributed by atoms with Gasteiger partial charge in [-0.1, -0.05) is 53.0 Å². The Morgan fingerprint density at radius 1 is 1.04 bits per heavy atom. The van der Waals surface area contributed by atoms with E-state index < -0.39 is 0 Å². The number of rotatable bonds is 3. The predicted octanol–water partition coefficient (Wildman–Crippen LogP) is 0.753. The van der Waals surface area contributed by atoms with Crippen molar-refractivity contribution in [3.05, 3.63) is 82.7 Å². The molecule has 0 fully saturated rings. The molecule has 0 aliphatic rings. The molecular weight excluding hydrogens is 328 g/mol. The van der Waals surface area contributed by atoms with E-state index >= 15 is 0 Å². The van der Waals surface area contributed by atoms with Crippen molar-refractivity contribution in [1.29, 1.82) is 0 Å². The first-order valence-corrected chi connectivity index (χ1v) is 8.22. The normalized spacial score (nSPS) is 12.4. The molecule has 0 saturated heterocycles. The molecule has 0 N–H and O–H groups in total. The minimum Gasteiger partial charge on any atom is -0.869 e. The van der Waals surface area contributed by atoms with Crippen molar-refractivity contribution < 1.29 is 14.7 Å². The lowest BCUT2D eigenvalue weighted by Crippen LogP contribution is -2.38. The zero-order valence-electron chi connectivity index (χ0n) is 14.4. The van der Waals surface area contributed by atoms with Crippen LogP contribution in [0.2, 0.25) is 0 Å². The highest BCUT2D eigenvalue weighted by molar-refractivity contribution is 6.01. The Morgan fingerprint density at radius 3 is 2.27 bits per heavy atom. The molecule has 0 saturated carbocycles. The van der Waals surface area contributed by atoms with Crippen LogP contribution in [0.5, 0.6) is 0 Å². The number of benzene rings is 2. The number of carbonyl (C=O) groups is 1. The Labute approximate surface area is 149 Å². The summed E-state index contributed by atoms with van der Waals surface area (Å²) in [5.74, 6) is -0.335. The summed E-state index contributed by atoms with van der Waals surface area (Å²) in [4.78, 5) is 13.6. The van der Waals surface area contributed by atoms with E-state index in [9.17, 15) is 9.90 Å². The Kier molecular flexibility index (Phi) is 3.73. The van der Waals surface area contributed by atoms with Gasteiger partial charge in [0.05, 0.1) is 5.56 Å². The van der Waals surface area contributed by atoms with Crippen LogP contribution in [0.15, 0.2) is 60.7 Å². The molecule has 0 spiro atoms. The minimum absolute atomic E-state index is 0.146. The van der Waals surface area contributed by atoms with Crippen LogP contribution < -0.4 is 15.3 Å². The van der Waals surface area contributed by atoms with Gasteiger partial charge in [0.2, 0.25) is 0 Å². The van der Waals surface area contributed by atoms with Crippen molar-refractivity contribution in [3.8, 4) is 5.69 Å². The molecule has 4 aromatic rings. The molecule has 2 aromatic heterocycles. The molecule has 2 aromatic carbocycles. The van der Waals surface area contributed by atoms with Crippen LogP contribution in [0.3, 0.4) is 0 Å². The standard InChI is InChI=1S/C20H16N4O2/c1-13-17(14(2)25)20-21-24(16-11-7-4-8-12-16)22-23(20)18(13)19(26)15-9-5-3-6-10-15/h3-12H,1-2H3. The van der Waals surface area contributed by atoms with E-state index in [1.54, 1.807) is 31.2 Å². The first-order valence-electron chi connectivity index (χ1n) is 8.22. The van der Waals surface area contributed by atoms with Gasteiger partial charge in [-0.3, -0.25) is 4.79 Å². The molecule has 26 heavy (non-hydrogen) atoms. The van der Waals surface area contributed by atoms with Crippen LogP contribution in [0.1, 0.15) is 28.4 Å². The molecule has 0 aliphatic carbocycles. The van der Waals surface area contributed by atoms with Crippen molar-refractivity contribution in [2.45, 2.75) is 13.8 Å². The number of para-hydroxylation sites is 1. The highest BCUT2D eigenvalue weighted by atomic mass is 16.3. The van der Waals surface area contributed by atoms with Gasteiger partial charge in [-0.25, -0.2) is 0 Å². The number of hydrogen-bond donors (Lipinski definition) is 0. The summed E-state index contributed by atoms with van der Waals surface area (Å²) in [5.41, 5.74) is 2.70. The molecule has 6 heteroatoms. The third-order valence-electron chi connectivity index (χ3n) is 4.32. The van der Waals surface area contributed by atoms with Crippen LogP contribution in [0, 0.1) is 6.92 Å². The Balaban J connectivity index is 2.09. The lowest BCUT2D eigenvalue weighted by Gasteiger charge is -2.09. The first kappa shape index (κ1) is 16.0. The molecule has 4 rings (SSSR count). The van der Waals surface area contributed by atoms with Gasteiger partial charge >= 0.3 is 0 Å². The SMILES string of the molecule is CC(=O)c1c(C)/c(=C(/[O-])c2ccccc2)n2n[n+](-c3ccccc3)nc12. The Morgan fingerprint density at radius 2 is 1.65 bits per heavy atom. The van der Waals surface area contributed by atoms with E-state index in [-0.39, 0.29) is 11.5 Å². The highest BCUT2D eigenvalue weighted by Crippen LogP contribution is 2.14. The van der Waals surface area contributed by atoms with E-state index in [1.165, 1.54) is 16.2 Å². The van der Waals surface area contributed by atoms with Gasteiger partial charge in [-0.2, -0.15) is 0 Å². The summed E-state index contributed by atoms with van der Waals surface area (Å²) in [7, 11) is 0. The second-order valence-electron chi connectivity index (χ2n) is 6.05. The summed E-state index contributed by atoms with van der Waals surface area (Å²) in [6.07, 6.45) is 0. The molecule has 0 amide bonds. The number of tetrazole rings is 1. The van der Waals surface area contributed by atoms with Gasteiger partial charge in [0.1, 0.15) is 5.21 Å². The molecule has 6 nitrogen and oxygen atoms in total. The van der Waals surface area contributed by atoms with Gasteiger partial charge in [0.15, 0.2) is 16.8 Å². The molecule has 0 bridgehead atoms. The number of fused-ring (bicyclic) bond motifs is 1. The largest absolute Gasteiger partial charge is 0.869 e. The summed E-state index contributed by atoms with van der Waals surface area (Å²) in [5, 5.41) is 22.3. The zero-order valence-corrected chi connectivity index (χ0v) is 14.4. The van der Waals surface area contributed by atoms with Gasteiger partial charge < -0.3 is 5.11 Å². The molecule has 128 valence electrons. The van der Waals surface area contributed by atoms with Crippen molar-refractivity contribution in [2.75, 3.05) is 0 Å². The van der Waals surface area contributed by atoms with Gasteiger partial charge in [0, 0.05) is 10.4 Å². The third kappa shape index (κ3) is 2.43. The summed E-state index contributed by atoms with van der Waals surface area (Å²) in [6.45, 7) is 3.23. The van der Waals surface area contributed by atoms with Crippen molar-refractivity contribution in [2.24, 2.45) is 0 Å². The Hall–Kier alpha value is -3.54. The number of carbonyl (C=O) groups excluding carboxylic acids is 1. The average molecular weight is 344 g/mol. The Bertz CT molecular complexity index is 1170. The van der Waals surface area contributed by atoms with Gasteiger partial charge in [-0.15, -0.1) is 0 Å². The summed E-state index contributed by atoms with van der Waals surface area (Å²) in [6, 6.07) is 18.3.